The Morgan fingerprint density at radius 1 is 1.05 bits per heavy atom. The van der Waals surface area contributed by atoms with Crippen LogP contribution in [0.3, 0.4) is 0 Å². The molecule has 4 atom stereocenters. The summed E-state index contributed by atoms with van der Waals surface area (Å²) in [6, 6.07) is 6.58. The lowest BCUT2D eigenvalue weighted by Crippen LogP contribution is -2.56. The van der Waals surface area contributed by atoms with Crippen molar-refractivity contribution < 1.29 is 52.4 Å². The van der Waals surface area contributed by atoms with E-state index in [2.05, 4.69) is 12.6 Å². The first-order valence-corrected chi connectivity index (χ1v) is 13.8. The van der Waals surface area contributed by atoms with Gasteiger partial charge in [-0.25, -0.2) is 9.59 Å². The molecule has 13 nitrogen and oxygen atoms in total. The molecule has 1 fully saturated rings. The summed E-state index contributed by atoms with van der Waals surface area (Å²) in [6.45, 7) is 8.20. The van der Waals surface area contributed by atoms with E-state index in [0.29, 0.717) is 17.9 Å². The average molecular weight is 613 g/mol. The number of methoxy groups -OCH3 is 1. The van der Waals surface area contributed by atoms with E-state index >= 15 is 0 Å². The van der Waals surface area contributed by atoms with Gasteiger partial charge in [0, 0.05) is 38.6 Å². The fourth-order valence-corrected chi connectivity index (χ4v) is 4.17. The number of amides is 2. The molecule has 1 aromatic carbocycles. The Morgan fingerprint density at radius 2 is 1.67 bits per heavy atom. The molecule has 1 saturated heterocycles. The molecule has 2 rings (SSSR count). The highest BCUT2D eigenvalue weighted by Crippen LogP contribution is 2.29. The zero-order valence-corrected chi connectivity index (χ0v) is 25.9. The van der Waals surface area contributed by atoms with E-state index in [0.717, 1.165) is 14.0 Å². The SMILES string of the molecule is CCN(CN(C)C(=O)CC(C)(C)S)C(=O)OCc1ccc(O[C@H]2C[C@@H](OC(C)=O)[C@H](OC(C)=O)[C@@H](C(=O)OC)O2)cc1. The molecule has 1 aliphatic heterocycles. The van der Waals surface area contributed by atoms with Crippen LogP contribution in [0.25, 0.3) is 0 Å². The smallest absolute Gasteiger partial charge is 0.411 e. The molecular weight excluding hydrogens is 572 g/mol. The van der Waals surface area contributed by atoms with Crippen molar-refractivity contribution >= 4 is 42.5 Å². The van der Waals surface area contributed by atoms with Crippen molar-refractivity contribution in [3.8, 4) is 5.75 Å². The third-order valence-corrected chi connectivity index (χ3v) is 6.18. The molecule has 0 saturated carbocycles. The molecule has 0 aliphatic carbocycles. The van der Waals surface area contributed by atoms with Gasteiger partial charge in [-0.05, 0) is 24.6 Å². The number of thiol groups is 1. The molecular formula is C28H40N2O11S. The van der Waals surface area contributed by atoms with Gasteiger partial charge >= 0.3 is 24.0 Å². The zero-order chi connectivity index (χ0) is 31.6. The first-order valence-electron chi connectivity index (χ1n) is 13.3. The maximum absolute atomic E-state index is 12.6. The molecule has 0 unspecified atom stereocenters. The number of carbonyl (C=O) groups excluding carboxylic acids is 5. The lowest BCUT2D eigenvalue weighted by atomic mass is 10.0. The number of hydrogen-bond acceptors (Lipinski definition) is 12. The van der Waals surface area contributed by atoms with Crippen LogP contribution in [-0.2, 0) is 49.5 Å². The van der Waals surface area contributed by atoms with Crippen LogP contribution in [0.2, 0.25) is 0 Å². The van der Waals surface area contributed by atoms with Crippen LogP contribution in [0.15, 0.2) is 24.3 Å². The normalized spacial score (nSPS) is 20.1. The fourth-order valence-electron chi connectivity index (χ4n) is 4.03. The maximum Gasteiger partial charge on any atom is 0.411 e. The number of hydrogen-bond donors (Lipinski definition) is 1. The van der Waals surface area contributed by atoms with Gasteiger partial charge in [0.2, 0.25) is 12.2 Å². The van der Waals surface area contributed by atoms with Gasteiger partial charge in [0.15, 0.2) is 12.2 Å². The molecule has 0 aromatic heterocycles. The number of rotatable bonds is 12. The van der Waals surface area contributed by atoms with Gasteiger partial charge in [0.1, 0.15) is 18.5 Å². The van der Waals surface area contributed by atoms with Crippen molar-refractivity contribution in [1.82, 2.24) is 9.80 Å². The van der Waals surface area contributed by atoms with E-state index < -0.39 is 53.4 Å². The van der Waals surface area contributed by atoms with Gasteiger partial charge in [0.05, 0.1) is 20.2 Å². The molecule has 2 amide bonds. The van der Waals surface area contributed by atoms with Gasteiger partial charge in [0.25, 0.3) is 0 Å². The van der Waals surface area contributed by atoms with Crippen molar-refractivity contribution in [1.29, 1.82) is 0 Å². The van der Waals surface area contributed by atoms with E-state index in [1.165, 1.54) is 16.7 Å². The molecule has 1 heterocycles. The first-order chi connectivity index (χ1) is 19.6. The molecule has 42 heavy (non-hydrogen) atoms. The second-order valence-electron chi connectivity index (χ2n) is 10.4. The van der Waals surface area contributed by atoms with Gasteiger partial charge in [-0.15, -0.1) is 0 Å². The minimum absolute atomic E-state index is 0.0279. The number of esters is 3. The lowest BCUT2D eigenvalue weighted by Gasteiger charge is -2.38. The van der Waals surface area contributed by atoms with Crippen LogP contribution in [0, 0.1) is 0 Å². The Hall–Kier alpha value is -3.52. The largest absolute Gasteiger partial charge is 0.467 e. The van der Waals surface area contributed by atoms with E-state index in [1.54, 1.807) is 38.2 Å². The van der Waals surface area contributed by atoms with E-state index in [9.17, 15) is 24.0 Å². The summed E-state index contributed by atoms with van der Waals surface area (Å²) in [5.41, 5.74) is 0.665. The second-order valence-corrected chi connectivity index (χ2v) is 11.6. The minimum atomic E-state index is -1.39. The third-order valence-electron chi connectivity index (χ3n) is 6.03. The standard InChI is InChI=1S/C28H40N2O11S/c1-8-30(16-29(6)22(33)14-28(4,5)42)27(35)37-15-19-9-11-20(12-10-19)40-23-13-21(38-17(2)31)24(39-18(3)32)25(41-23)26(34)36-7/h9-12,21,23-25,42H,8,13-16H2,1-7H3/t21-,23-,24+,25+/m1/s1. The molecule has 0 spiro atoms. The number of carbonyl (C=O) groups is 5. The van der Waals surface area contributed by atoms with Crippen LogP contribution in [-0.4, -0.2) is 96.4 Å². The molecule has 1 aromatic rings. The summed E-state index contributed by atoms with van der Waals surface area (Å²) in [5.74, 6) is -1.94. The number of nitrogens with zero attached hydrogens (tertiary/aromatic N) is 2. The zero-order valence-electron chi connectivity index (χ0n) is 25.0. The van der Waals surface area contributed by atoms with E-state index in [1.807, 2.05) is 13.8 Å². The molecule has 0 N–H and O–H groups in total. The first kappa shape index (κ1) is 34.7. The fraction of sp³-hybridized carbons (Fsp3) is 0.607. The monoisotopic (exact) mass is 612 g/mol. The van der Waals surface area contributed by atoms with Crippen molar-refractivity contribution in [2.75, 3.05) is 27.4 Å². The minimum Gasteiger partial charge on any atom is -0.467 e. The van der Waals surface area contributed by atoms with Gasteiger partial charge in [-0.1, -0.05) is 26.0 Å². The summed E-state index contributed by atoms with van der Waals surface area (Å²) >= 11 is 4.39. The predicted octanol–water partition coefficient (Wildman–Crippen LogP) is 2.69. The van der Waals surface area contributed by atoms with Crippen molar-refractivity contribution in [2.45, 2.75) is 83.4 Å². The quantitative estimate of drug-likeness (QED) is 0.161. The van der Waals surface area contributed by atoms with Gasteiger partial charge in [-0.2, -0.15) is 12.6 Å². The molecule has 0 radical (unpaired) electrons. The summed E-state index contributed by atoms with van der Waals surface area (Å²) in [6.07, 6.45) is -5.05. The van der Waals surface area contributed by atoms with Gasteiger partial charge in [-0.3, -0.25) is 19.3 Å². The number of benzene rings is 1. The average Bonchev–Trinajstić information content (AvgIpc) is 2.90. The third kappa shape index (κ3) is 11.0. The Labute approximate surface area is 251 Å². The number of ether oxygens (including phenoxy) is 6. The van der Waals surface area contributed by atoms with E-state index in [4.69, 9.17) is 28.4 Å². The topological polar surface area (TPSA) is 147 Å². The van der Waals surface area contributed by atoms with Crippen LogP contribution in [0.4, 0.5) is 4.79 Å². The highest BCUT2D eigenvalue weighted by atomic mass is 32.1. The molecule has 234 valence electrons. The van der Waals surface area contributed by atoms with Crippen molar-refractivity contribution in [2.24, 2.45) is 0 Å². The Kier molecular flexibility index (Phi) is 12.9. The van der Waals surface area contributed by atoms with Crippen molar-refractivity contribution in [3.05, 3.63) is 29.8 Å². The highest BCUT2D eigenvalue weighted by Gasteiger charge is 2.48. The van der Waals surface area contributed by atoms with Crippen LogP contribution in [0.1, 0.15) is 53.0 Å². The highest BCUT2D eigenvalue weighted by molar-refractivity contribution is 7.81. The van der Waals surface area contributed by atoms with Crippen molar-refractivity contribution in [3.63, 3.8) is 0 Å². The molecule has 1 aliphatic rings. The van der Waals surface area contributed by atoms with Crippen LogP contribution in [0.5, 0.6) is 5.75 Å². The van der Waals surface area contributed by atoms with Crippen LogP contribution >= 0.6 is 12.6 Å². The lowest BCUT2D eigenvalue weighted by molar-refractivity contribution is -0.241. The Balaban J connectivity index is 2.01. The van der Waals surface area contributed by atoms with Crippen LogP contribution < -0.4 is 4.74 Å². The summed E-state index contributed by atoms with van der Waals surface area (Å²) < 4.78 is 31.8. The van der Waals surface area contributed by atoms with Gasteiger partial charge < -0.3 is 33.3 Å². The molecule has 0 bridgehead atoms. The summed E-state index contributed by atoms with van der Waals surface area (Å²) in [4.78, 5) is 63.6. The summed E-state index contributed by atoms with van der Waals surface area (Å²) in [7, 11) is 2.76. The molecule has 14 heteroatoms. The predicted molar refractivity (Wildman–Crippen MR) is 151 cm³/mol. The maximum atomic E-state index is 12.6. The second kappa shape index (κ2) is 15.6. The Morgan fingerprint density at radius 3 is 2.19 bits per heavy atom. The Bertz CT molecular complexity index is 1110. The summed E-state index contributed by atoms with van der Waals surface area (Å²) in [5, 5.41) is 0. The van der Waals surface area contributed by atoms with E-state index in [-0.39, 0.29) is 32.0 Å².